The Labute approximate surface area is 96.0 Å². The zero-order valence-corrected chi connectivity index (χ0v) is 10.1. The molecule has 0 aliphatic carbocycles. The molecule has 2 N–H and O–H groups in total. The van der Waals surface area contributed by atoms with Crippen molar-refractivity contribution in [1.29, 1.82) is 0 Å². The molecule has 0 aliphatic heterocycles. The van der Waals surface area contributed by atoms with Gasteiger partial charge in [0.1, 0.15) is 6.61 Å². The summed E-state index contributed by atoms with van der Waals surface area (Å²) in [6.45, 7) is 7.23. The van der Waals surface area contributed by atoms with Crippen LogP contribution in [0.3, 0.4) is 0 Å². The Morgan fingerprint density at radius 1 is 1.31 bits per heavy atom. The number of aromatic nitrogens is 2. The highest BCUT2D eigenvalue weighted by Gasteiger charge is 2.02. The molecule has 5 heteroatoms. The van der Waals surface area contributed by atoms with Crippen LogP contribution in [-0.2, 0) is 11.3 Å². The molecular formula is C11H19N3O2. The van der Waals surface area contributed by atoms with Crippen LogP contribution in [0.15, 0.2) is 6.07 Å². The second-order valence-corrected chi connectivity index (χ2v) is 3.76. The molecule has 0 saturated heterocycles. The number of aryl methyl sites for hydroxylation is 1. The summed E-state index contributed by atoms with van der Waals surface area (Å²) >= 11 is 0. The molecule has 0 amide bonds. The van der Waals surface area contributed by atoms with Gasteiger partial charge >= 0.3 is 6.01 Å². The molecule has 0 atom stereocenters. The summed E-state index contributed by atoms with van der Waals surface area (Å²) < 4.78 is 10.7. The highest BCUT2D eigenvalue weighted by molar-refractivity contribution is 5.12. The Hall–Kier alpha value is -1.20. The van der Waals surface area contributed by atoms with Gasteiger partial charge in [0.2, 0.25) is 0 Å². The molecule has 0 saturated carbocycles. The number of ether oxygens (including phenoxy) is 2. The van der Waals surface area contributed by atoms with E-state index in [4.69, 9.17) is 15.2 Å². The van der Waals surface area contributed by atoms with Gasteiger partial charge in [0.15, 0.2) is 0 Å². The third-order valence-corrected chi connectivity index (χ3v) is 1.86. The van der Waals surface area contributed by atoms with E-state index in [0.717, 1.165) is 11.4 Å². The average molecular weight is 225 g/mol. The molecule has 1 heterocycles. The van der Waals surface area contributed by atoms with Gasteiger partial charge in [-0.15, -0.1) is 0 Å². The van der Waals surface area contributed by atoms with E-state index in [0.29, 0.717) is 25.8 Å². The lowest BCUT2D eigenvalue weighted by Crippen LogP contribution is -2.13. The maximum atomic E-state index is 5.51. The molecule has 0 aliphatic rings. The Kier molecular flexibility index (Phi) is 5.14. The molecule has 0 fully saturated rings. The number of rotatable bonds is 6. The normalized spacial score (nSPS) is 10.8. The van der Waals surface area contributed by atoms with Gasteiger partial charge in [-0.05, 0) is 26.8 Å². The van der Waals surface area contributed by atoms with Gasteiger partial charge in [0.25, 0.3) is 0 Å². The predicted octanol–water partition coefficient (Wildman–Crippen LogP) is 1.05. The van der Waals surface area contributed by atoms with Crippen LogP contribution >= 0.6 is 0 Å². The van der Waals surface area contributed by atoms with E-state index in [9.17, 15) is 0 Å². The van der Waals surface area contributed by atoms with Crippen molar-refractivity contribution in [2.75, 3.05) is 13.2 Å². The van der Waals surface area contributed by atoms with E-state index in [-0.39, 0.29) is 6.10 Å². The fourth-order valence-electron chi connectivity index (χ4n) is 1.19. The highest BCUT2D eigenvalue weighted by atomic mass is 16.5. The lowest BCUT2D eigenvalue weighted by molar-refractivity contribution is 0.0530. The lowest BCUT2D eigenvalue weighted by Gasteiger charge is -2.09. The quantitative estimate of drug-likeness (QED) is 0.733. The van der Waals surface area contributed by atoms with Gasteiger partial charge < -0.3 is 15.2 Å². The summed E-state index contributed by atoms with van der Waals surface area (Å²) in [6.07, 6.45) is 0.210. The molecule has 1 rings (SSSR count). The van der Waals surface area contributed by atoms with Crippen LogP contribution < -0.4 is 10.5 Å². The molecule has 16 heavy (non-hydrogen) atoms. The minimum atomic E-state index is 0.210. The lowest BCUT2D eigenvalue weighted by atomic mass is 10.3. The number of hydrogen-bond donors (Lipinski definition) is 1. The van der Waals surface area contributed by atoms with Gasteiger partial charge in [-0.1, -0.05) is 0 Å². The molecule has 1 aromatic heterocycles. The van der Waals surface area contributed by atoms with E-state index >= 15 is 0 Å². The van der Waals surface area contributed by atoms with Crippen LogP contribution in [0.25, 0.3) is 0 Å². The molecule has 90 valence electrons. The van der Waals surface area contributed by atoms with E-state index in [1.807, 2.05) is 26.8 Å². The summed E-state index contributed by atoms with van der Waals surface area (Å²) in [6, 6.07) is 2.21. The molecule has 0 spiro atoms. The topological polar surface area (TPSA) is 70.3 Å². The maximum absolute atomic E-state index is 5.51. The highest BCUT2D eigenvalue weighted by Crippen LogP contribution is 2.06. The van der Waals surface area contributed by atoms with Crippen molar-refractivity contribution in [3.05, 3.63) is 17.5 Å². The van der Waals surface area contributed by atoms with Crippen molar-refractivity contribution in [1.82, 2.24) is 9.97 Å². The monoisotopic (exact) mass is 225 g/mol. The van der Waals surface area contributed by atoms with E-state index in [1.165, 1.54) is 0 Å². The van der Waals surface area contributed by atoms with Crippen molar-refractivity contribution in [2.24, 2.45) is 5.73 Å². The number of nitrogens with two attached hydrogens (primary N) is 1. The van der Waals surface area contributed by atoms with Crippen molar-refractivity contribution >= 4 is 0 Å². The summed E-state index contributed by atoms with van der Waals surface area (Å²) in [7, 11) is 0. The van der Waals surface area contributed by atoms with Crippen molar-refractivity contribution in [2.45, 2.75) is 33.4 Å². The van der Waals surface area contributed by atoms with Crippen LogP contribution in [-0.4, -0.2) is 29.3 Å². The molecule has 0 aromatic carbocycles. The molecule has 0 radical (unpaired) electrons. The second-order valence-electron chi connectivity index (χ2n) is 3.76. The van der Waals surface area contributed by atoms with E-state index < -0.39 is 0 Å². The average Bonchev–Trinajstić information content (AvgIpc) is 2.23. The Morgan fingerprint density at radius 3 is 2.69 bits per heavy atom. The Morgan fingerprint density at radius 2 is 2.06 bits per heavy atom. The first-order valence-electron chi connectivity index (χ1n) is 5.41. The SMILES string of the molecule is Cc1cc(CN)nc(OCCOC(C)C)n1. The number of hydrogen-bond acceptors (Lipinski definition) is 5. The molecular weight excluding hydrogens is 206 g/mol. The molecule has 0 bridgehead atoms. The smallest absolute Gasteiger partial charge is 0.316 e. The molecule has 0 unspecified atom stereocenters. The van der Waals surface area contributed by atoms with Crippen LogP contribution in [0.1, 0.15) is 25.2 Å². The van der Waals surface area contributed by atoms with Crippen molar-refractivity contribution < 1.29 is 9.47 Å². The fourth-order valence-corrected chi connectivity index (χ4v) is 1.19. The van der Waals surface area contributed by atoms with Crippen molar-refractivity contribution in [3.8, 4) is 6.01 Å². The summed E-state index contributed by atoms with van der Waals surface area (Å²) in [5, 5.41) is 0. The predicted molar refractivity (Wildman–Crippen MR) is 61.2 cm³/mol. The van der Waals surface area contributed by atoms with Crippen LogP contribution in [0.4, 0.5) is 0 Å². The summed E-state index contributed by atoms with van der Waals surface area (Å²) in [4.78, 5) is 8.31. The van der Waals surface area contributed by atoms with Crippen molar-refractivity contribution in [3.63, 3.8) is 0 Å². The van der Waals surface area contributed by atoms with Gasteiger partial charge in [-0.25, -0.2) is 4.98 Å². The molecule has 1 aromatic rings. The van der Waals surface area contributed by atoms with Gasteiger partial charge in [-0.3, -0.25) is 0 Å². The maximum Gasteiger partial charge on any atom is 0.316 e. The largest absolute Gasteiger partial charge is 0.461 e. The number of nitrogens with zero attached hydrogens (tertiary/aromatic N) is 2. The fraction of sp³-hybridized carbons (Fsp3) is 0.636. The summed E-state index contributed by atoms with van der Waals surface area (Å²) in [5.74, 6) is 0. The molecule has 5 nitrogen and oxygen atoms in total. The van der Waals surface area contributed by atoms with Crippen LogP contribution in [0.5, 0.6) is 6.01 Å². The van der Waals surface area contributed by atoms with Gasteiger partial charge in [0, 0.05) is 12.2 Å². The zero-order chi connectivity index (χ0) is 12.0. The van der Waals surface area contributed by atoms with E-state index in [1.54, 1.807) is 0 Å². The minimum absolute atomic E-state index is 0.210. The van der Waals surface area contributed by atoms with Crippen LogP contribution in [0.2, 0.25) is 0 Å². The first-order valence-corrected chi connectivity index (χ1v) is 5.41. The van der Waals surface area contributed by atoms with Gasteiger partial charge in [0.05, 0.1) is 18.4 Å². The first kappa shape index (κ1) is 12.9. The third-order valence-electron chi connectivity index (χ3n) is 1.86. The zero-order valence-electron chi connectivity index (χ0n) is 10.1. The minimum Gasteiger partial charge on any atom is -0.461 e. The first-order chi connectivity index (χ1) is 7.61. The van der Waals surface area contributed by atoms with Crippen LogP contribution in [0, 0.1) is 6.92 Å². The Bertz CT molecular complexity index is 329. The second kappa shape index (κ2) is 6.40. The van der Waals surface area contributed by atoms with Gasteiger partial charge in [-0.2, -0.15) is 4.98 Å². The Balaban J connectivity index is 2.44. The van der Waals surface area contributed by atoms with E-state index in [2.05, 4.69) is 9.97 Å². The summed E-state index contributed by atoms with van der Waals surface area (Å²) in [5.41, 5.74) is 7.15. The third kappa shape index (κ3) is 4.55. The standard InChI is InChI=1S/C11H19N3O2/c1-8(2)15-4-5-16-11-13-9(3)6-10(7-12)14-11/h6,8H,4-5,7,12H2,1-3H3.